The van der Waals surface area contributed by atoms with Crippen LogP contribution in [0.5, 0.6) is 5.75 Å². The Bertz CT molecular complexity index is 425. The Morgan fingerprint density at radius 1 is 1.11 bits per heavy atom. The standard InChI is InChI=1S/C13H20N4O2/c14-13(15-19)10-17-7-5-16(6-8-17)9-11-1-3-12(18)4-2-11/h1-4,18-19H,5-10H2,(H2,14,15). The van der Waals surface area contributed by atoms with Gasteiger partial charge in [0, 0.05) is 32.7 Å². The summed E-state index contributed by atoms with van der Waals surface area (Å²) >= 11 is 0. The average Bonchev–Trinajstić information content (AvgIpc) is 2.43. The molecule has 4 N–H and O–H groups in total. The van der Waals surface area contributed by atoms with Gasteiger partial charge in [0.25, 0.3) is 0 Å². The van der Waals surface area contributed by atoms with Crippen molar-refractivity contribution in [1.29, 1.82) is 0 Å². The SMILES string of the molecule is NC(CN1CCN(Cc2ccc(O)cc2)CC1)=NO. The van der Waals surface area contributed by atoms with Crippen molar-refractivity contribution in [3.05, 3.63) is 29.8 Å². The summed E-state index contributed by atoms with van der Waals surface area (Å²) < 4.78 is 0. The van der Waals surface area contributed by atoms with Crippen LogP contribution in [0.2, 0.25) is 0 Å². The number of hydrogen-bond donors (Lipinski definition) is 3. The summed E-state index contributed by atoms with van der Waals surface area (Å²) in [5.41, 5.74) is 6.69. The molecular formula is C13H20N4O2. The Morgan fingerprint density at radius 2 is 1.68 bits per heavy atom. The molecule has 104 valence electrons. The van der Waals surface area contributed by atoms with E-state index in [1.54, 1.807) is 12.1 Å². The number of aromatic hydroxyl groups is 1. The Hall–Kier alpha value is -1.79. The van der Waals surface area contributed by atoms with Gasteiger partial charge in [0.05, 0.1) is 6.54 Å². The molecule has 1 saturated heterocycles. The van der Waals surface area contributed by atoms with E-state index in [0.717, 1.165) is 32.7 Å². The predicted octanol–water partition coefficient (Wildman–Crippen LogP) is 0.256. The predicted molar refractivity (Wildman–Crippen MR) is 73.2 cm³/mol. The number of amidine groups is 1. The minimum Gasteiger partial charge on any atom is -0.508 e. The molecule has 0 amide bonds. The van der Waals surface area contributed by atoms with Crippen molar-refractivity contribution in [2.45, 2.75) is 6.54 Å². The number of oxime groups is 1. The van der Waals surface area contributed by atoms with Gasteiger partial charge in [0.2, 0.25) is 0 Å². The molecule has 0 spiro atoms. The lowest BCUT2D eigenvalue weighted by Gasteiger charge is -2.34. The van der Waals surface area contributed by atoms with Gasteiger partial charge in [-0.2, -0.15) is 0 Å². The van der Waals surface area contributed by atoms with Crippen molar-refractivity contribution in [3.63, 3.8) is 0 Å². The number of phenols is 1. The molecule has 0 aliphatic carbocycles. The number of benzene rings is 1. The largest absolute Gasteiger partial charge is 0.508 e. The Kier molecular flexibility index (Phi) is 4.59. The zero-order chi connectivity index (χ0) is 13.7. The molecule has 1 fully saturated rings. The number of nitrogens with two attached hydrogens (primary N) is 1. The second kappa shape index (κ2) is 6.40. The third kappa shape index (κ3) is 4.11. The molecule has 1 aromatic rings. The normalized spacial score (nSPS) is 18.6. The highest BCUT2D eigenvalue weighted by molar-refractivity contribution is 5.81. The lowest BCUT2D eigenvalue weighted by Crippen LogP contribution is -2.48. The van der Waals surface area contributed by atoms with Crippen molar-refractivity contribution in [3.8, 4) is 5.75 Å². The van der Waals surface area contributed by atoms with Crippen LogP contribution < -0.4 is 5.73 Å². The van der Waals surface area contributed by atoms with Crippen LogP contribution >= 0.6 is 0 Å². The summed E-state index contributed by atoms with van der Waals surface area (Å²) in [6.45, 7) is 5.14. The molecule has 19 heavy (non-hydrogen) atoms. The van der Waals surface area contributed by atoms with Gasteiger partial charge in [-0.15, -0.1) is 0 Å². The molecule has 2 rings (SSSR count). The molecule has 0 unspecified atom stereocenters. The average molecular weight is 264 g/mol. The smallest absolute Gasteiger partial charge is 0.153 e. The molecule has 1 heterocycles. The van der Waals surface area contributed by atoms with Crippen LogP contribution in [0.15, 0.2) is 29.4 Å². The summed E-state index contributed by atoms with van der Waals surface area (Å²) in [6.07, 6.45) is 0. The summed E-state index contributed by atoms with van der Waals surface area (Å²) in [5, 5.41) is 20.8. The quantitative estimate of drug-likeness (QED) is 0.314. The van der Waals surface area contributed by atoms with Crippen LogP contribution in [0.3, 0.4) is 0 Å². The minimum absolute atomic E-state index is 0.256. The van der Waals surface area contributed by atoms with Gasteiger partial charge in [-0.05, 0) is 17.7 Å². The second-order valence-electron chi connectivity index (χ2n) is 4.81. The molecule has 1 aliphatic heterocycles. The highest BCUT2D eigenvalue weighted by Gasteiger charge is 2.17. The molecule has 0 saturated carbocycles. The van der Waals surface area contributed by atoms with Crippen LogP contribution in [-0.2, 0) is 6.54 Å². The maximum absolute atomic E-state index is 9.24. The van der Waals surface area contributed by atoms with Crippen molar-refractivity contribution in [1.82, 2.24) is 9.80 Å². The summed E-state index contributed by atoms with van der Waals surface area (Å²) in [7, 11) is 0. The van der Waals surface area contributed by atoms with Gasteiger partial charge in [-0.25, -0.2) is 0 Å². The fourth-order valence-electron chi connectivity index (χ4n) is 2.23. The monoisotopic (exact) mass is 264 g/mol. The van der Waals surface area contributed by atoms with E-state index in [4.69, 9.17) is 10.9 Å². The Labute approximate surface area is 112 Å². The van der Waals surface area contributed by atoms with Crippen molar-refractivity contribution < 1.29 is 10.3 Å². The van der Waals surface area contributed by atoms with Crippen molar-refractivity contribution >= 4 is 5.84 Å². The lowest BCUT2D eigenvalue weighted by molar-refractivity contribution is 0.139. The Morgan fingerprint density at radius 3 is 2.26 bits per heavy atom. The van der Waals surface area contributed by atoms with Crippen LogP contribution in [0.4, 0.5) is 0 Å². The van der Waals surface area contributed by atoms with Crippen LogP contribution in [0.1, 0.15) is 5.56 Å². The highest BCUT2D eigenvalue weighted by Crippen LogP contribution is 2.12. The first kappa shape index (κ1) is 13.6. The molecule has 1 aliphatic rings. The van der Waals surface area contributed by atoms with Gasteiger partial charge in [0.15, 0.2) is 5.84 Å². The second-order valence-corrected chi connectivity index (χ2v) is 4.81. The molecule has 0 atom stereocenters. The van der Waals surface area contributed by atoms with E-state index in [-0.39, 0.29) is 5.84 Å². The number of nitrogens with zero attached hydrogens (tertiary/aromatic N) is 3. The molecule has 0 bridgehead atoms. The van der Waals surface area contributed by atoms with Gasteiger partial charge in [0.1, 0.15) is 5.75 Å². The molecular weight excluding hydrogens is 244 g/mol. The number of hydrogen-bond acceptors (Lipinski definition) is 5. The first-order valence-electron chi connectivity index (χ1n) is 6.36. The zero-order valence-electron chi connectivity index (χ0n) is 10.9. The van der Waals surface area contributed by atoms with Gasteiger partial charge in [-0.1, -0.05) is 17.3 Å². The zero-order valence-corrected chi connectivity index (χ0v) is 10.9. The van der Waals surface area contributed by atoms with E-state index in [1.807, 2.05) is 12.1 Å². The first-order valence-corrected chi connectivity index (χ1v) is 6.36. The fraction of sp³-hybridized carbons (Fsp3) is 0.462. The molecule has 1 aromatic carbocycles. The van der Waals surface area contributed by atoms with Crippen LogP contribution in [-0.4, -0.2) is 58.7 Å². The Balaban J connectivity index is 1.78. The molecule has 6 heteroatoms. The van der Waals surface area contributed by atoms with Crippen molar-refractivity contribution in [2.75, 3.05) is 32.7 Å². The third-order valence-corrected chi connectivity index (χ3v) is 3.32. The maximum Gasteiger partial charge on any atom is 0.153 e. The topological polar surface area (TPSA) is 85.3 Å². The van der Waals surface area contributed by atoms with E-state index in [1.165, 1.54) is 5.56 Å². The number of rotatable bonds is 4. The van der Waals surface area contributed by atoms with E-state index >= 15 is 0 Å². The molecule has 6 nitrogen and oxygen atoms in total. The van der Waals surface area contributed by atoms with Gasteiger partial charge in [-0.3, -0.25) is 9.80 Å². The molecule has 0 radical (unpaired) electrons. The minimum atomic E-state index is 0.256. The van der Waals surface area contributed by atoms with Crippen LogP contribution in [0.25, 0.3) is 0 Å². The summed E-state index contributed by atoms with van der Waals surface area (Å²) in [5.74, 6) is 0.555. The number of phenolic OH excluding ortho intramolecular Hbond substituents is 1. The van der Waals surface area contributed by atoms with E-state index in [9.17, 15) is 5.11 Å². The molecule has 0 aromatic heterocycles. The van der Waals surface area contributed by atoms with Gasteiger partial charge < -0.3 is 16.0 Å². The summed E-state index contributed by atoms with van der Waals surface area (Å²) in [6, 6.07) is 7.31. The third-order valence-electron chi connectivity index (χ3n) is 3.32. The van der Waals surface area contributed by atoms with Crippen LogP contribution in [0, 0.1) is 0 Å². The maximum atomic E-state index is 9.24. The van der Waals surface area contributed by atoms with Gasteiger partial charge >= 0.3 is 0 Å². The summed E-state index contributed by atoms with van der Waals surface area (Å²) in [4.78, 5) is 4.53. The van der Waals surface area contributed by atoms with E-state index < -0.39 is 0 Å². The first-order chi connectivity index (χ1) is 9.17. The van der Waals surface area contributed by atoms with Crippen molar-refractivity contribution in [2.24, 2.45) is 10.9 Å². The highest BCUT2D eigenvalue weighted by atomic mass is 16.4. The van der Waals surface area contributed by atoms with E-state index in [0.29, 0.717) is 12.3 Å². The fourth-order valence-corrected chi connectivity index (χ4v) is 2.23. The number of piperazine rings is 1. The van der Waals surface area contributed by atoms with E-state index in [2.05, 4.69) is 15.0 Å². The lowest BCUT2D eigenvalue weighted by atomic mass is 10.2.